The van der Waals surface area contributed by atoms with Crippen molar-refractivity contribution in [1.29, 1.82) is 0 Å². The summed E-state index contributed by atoms with van der Waals surface area (Å²) < 4.78 is 5.20. The molecule has 0 atom stereocenters. The Hall–Kier alpha value is -2.20. The van der Waals surface area contributed by atoms with E-state index in [1.165, 1.54) is 0 Å². The van der Waals surface area contributed by atoms with Crippen LogP contribution >= 0.6 is 11.6 Å². The van der Waals surface area contributed by atoms with Gasteiger partial charge in [-0.15, -0.1) is 0 Å². The summed E-state index contributed by atoms with van der Waals surface area (Å²) in [7, 11) is 0. The molecule has 2 aromatic heterocycles. The zero-order chi connectivity index (χ0) is 12.4. The molecule has 0 saturated carbocycles. The van der Waals surface area contributed by atoms with Crippen molar-refractivity contribution in [2.24, 2.45) is 0 Å². The van der Waals surface area contributed by atoms with Crippen molar-refractivity contribution in [1.82, 2.24) is 15.1 Å². The van der Waals surface area contributed by atoms with E-state index in [9.17, 15) is 0 Å². The fourth-order valence-electron chi connectivity index (χ4n) is 1.57. The number of benzene rings is 1. The maximum atomic E-state index is 6.07. The number of pyridine rings is 1. The average Bonchev–Trinajstić information content (AvgIpc) is 2.90. The van der Waals surface area contributed by atoms with Crippen LogP contribution in [0.1, 0.15) is 0 Å². The van der Waals surface area contributed by atoms with E-state index < -0.39 is 0 Å². The zero-order valence-corrected chi connectivity index (χ0v) is 10.0. The molecular weight excluding hydrogens is 250 g/mol. The minimum atomic E-state index is 0.390. The first-order chi connectivity index (χ1) is 8.84. The third-order valence-corrected chi connectivity index (χ3v) is 2.75. The molecule has 3 aromatic rings. The summed E-state index contributed by atoms with van der Waals surface area (Å²) >= 11 is 6.07. The van der Waals surface area contributed by atoms with Gasteiger partial charge in [0.1, 0.15) is 5.69 Å². The van der Waals surface area contributed by atoms with Crippen LogP contribution in [0.5, 0.6) is 0 Å². The van der Waals surface area contributed by atoms with Gasteiger partial charge in [0.2, 0.25) is 5.82 Å². The highest BCUT2D eigenvalue weighted by Crippen LogP contribution is 2.27. The predicted molar refractivity (Wildman–Crippen MR) is 68.0 cm³/mol. The van der Waals surface area contributed by atoms with E-state index in [0.717, 1.165) is 0 Å². The first kappa shape index (κ1) is 10.9. The van der Waals surface area contributed by atoms with Crippen LogP contribution in [0.15, 0.2) is 53.2 Å². The van der Waals surface area contributed by atoms with Crippen molar-refractivity contribution in [2.45, 2.75) is 0 Å². The van der Waals surface area contributed by atoms with Crippen LogP contribution in [-0.2, 0) is 0 Å². The first-order valence-corrected chi connectivity index (χ1v) is 5.72. The Morgan fingerprint density at radius 3 is 2.61 bits per heavy atom. The lowest BCUT2D eigenvalue weighted by Gasteiger charge is -1.95. The summed E-state index contributed by atoms with van der Waals surface area (Å²) in [5.74, 6) is 0.840. The van der Waals surface area contributed by atoms with Gasteiger partial charge < -0.3 is 4.52 Å². The predicted octanol–water partition coefficient (Wildman–Crippen LogP) is 3.45. The van der Waals surface area contributed by atoms with Gasteiger partial charge in [-0.2, -0.15) is 4.98 Å². The van der Waals surface area contributed by atoms with E-state index in [2.05, 4.69) is 15.1 Å². The van der Waals surface area contributed by atoms with Crippen molar-refractivity contribution in [2.75, 3.05) is 0 Å². The molecule has 0 aliphatic heterocycles. The van der Waals surface area contributed by atoms with Crippen molar-refractivity contribution < 1.29 is 4.52 Å². The third kappa shape index (κ3) is 1.98. The number of hydrogen-bond acceptors (Lipinski definition) is 4. The summed E-state index contributed by atoms with van der Waals surface area (Å²) in [6.07, 6.45) is 1.68. The molecule has 0 N–H and O–H groups in total. The maximum Gasteiger partial charge on any atom is 0.259 e. The van der Waals surface area contributed by atoms with Crippen LogP contribution in [-0.4, -0.2) is 15.1 Å². The van der Waals surface area contributed by atoms with Gasteiger partial charge in [-0.05, 0) is 24.3 Å². The van der Waals surface area contributed by atoms with Gasteiger partial charge in [0.25, 0.3) is 5.89 Å². The lowest BCUT2D eigenvalue weighted by atomic mass is 10.2. The lowest BCUT2D eigenvalue weighted by Crippen LogP contribution is -1.84. The summed E-state index contributed by atoms with van der Waals surface area (Å²) in [6.45, 7) is 0. The number of aromatic nitrogens is 3. The third-order valence-electron chi connectivity index (χ3n) is 2.42. The van der Waals surface area contributed by atoms with Crippen LogP contribution < -0.4 is 0 Å². The van der Waals surface area contributed by atoms with E-state index in [0.29, 0.717) is 28.0 Å². The van der Waals surface area contributed by atoms with Gasteiger partial charge >= 0.3 is 0 Å². The topological polar surface area (TPSA) is 51.8 Å². The monoisotopic (exact) mass is 257 g/mol. The molecule has 0 bridgehead atoms. The number of hydrogen-bond donors (Lipinski definition) is 0. The van der Waals surface area contributed by atoms with E-state index in [4.69, 9.17) is 16.1 Å². The summed E-state index contributed by atoms with van der Waals surface area (Å²) in [6, 6.07) is 12.8. The molecule has 0 amide bonds. The largest absolute Gasteiger partial charge is 0.334 e. The lowest BCUT2D eigenvalue weighted by molar-refractivity contribution is 0.432. The molecule has 0 aliphatic carbocycles. The van der Waals surface area contributed by atoms with Gasteiger partial charge in [-0.25, -0.2) is 0 Å². The second-order valence-electron chi connectivity index (χ2n) is 3.62. The van der Waals surface area contributed by atoms with Crippen LogP contribution in [0.4, 0.5) is 0 Å². The Morgan fingerprint density at radius 2 is 1.83 bits per heavy atom. The molecule has 0 unspecified atom stereocenters. The van der Waals surface area contributed by atoms with E-state index in [1.807, 2.05) is 36.4 Å². The Morgan fingerprint density at radius 1 is 1.00 bits per heavy atom. The standard InChI is InChI=1S/C13H8ClN3O/c14-10-6-2-1-5-9(10)13-16-12(17-18-13)11-7-3-4-8-15-11/h1-8H. The Kier molecular flexibility index (Phi) is 2.78. The average molecular weight is 258 g/mol. The van der Waals surface area contributed by atoms with Crippen molar-refractivity contribution >= 4 is 11.6 Å². The van der Waals surface area contributed by atoms with Crippen LogP contribution in [0, 0.1) is 0 Å². The molecule has 4 nitrogen and oxygen atoms in total. The molecule has 18 heavy (non-hydrogen) atoms. The Bertz CT molecular complexity index is 667. The highest BCUT2D eigenvalue weighted by atomic mass is 35.5. The molecule has 0 fully saturated rings. The Labute approximate surface area is 108 Å². The Balaban J connectivity index is 2.03. The van der Waals surface area contributed by atoms with Crippen LogP contribution in [0.25, 0.3) is 23.0 Å². The number of nitrogens with zero attached hydrogens (tertiary/aromatic N) is 3. The van der Waals surface area contributed by atoms with Crippen molar-refractivity contribution in [3.05, 3.63) is 53.7 Å². The fraction of sp³-hybridized carbons (Fsp3) is 0. The van der Waals surface area contributed by atoms with Gasteiger partial charge in [-0.1, -0.05) is 35.0 Å². The molecule has 0 spiro atoms. The quantitative estimate of drug-likeness (QED) is 0.706. The smallest absolute Gasteiger partial charge is 0.259 e. The molecule has 0 saturated heterocycles. The molecule has 5 heteroatoms. The molecule has 0 aliphatic rings. The molecule has 88 valence electrons. The van der Waals surface area contributed by atoms with Gasteiger partial charge in [-0.3, -0.25) is 4.98 Å². The first-order valence-electron chi connectivity index (χ1n) is 5.34. The van der Waals surface area contributed by atoms with E-state index in [1.54, 1.807) is 12.3 Å². The van der Waals surface area contributed by atoms with Gasteiger partial charge in [0.15, 0.2) is 0 Å². The highest BCUT2D eigenvalue weighted by molar-refractivity contribution is 6.33. The van der Waals surface area contributed by atoms with Crippen LogP contribution in [0.2, 0.25) is 5.02 Å². The molecule has 2 heterocycles. The second kappa shape index (κ2) is 4.58. The molecule has 0 radical (unpaired) electrons. The fourth-order valence-corrected chi connectivity index (χ4v) is 1.78. The number of rotatable bonds is 2. The summed E-state index contributed by atoms with van der Waals surface area (Å²) in [5.41, 5.74) is 1.38. The van der Waals surface area contributed by atoms with E-state index in [-0.39, 0.29) is 0 Å². The van der Waals surface area contributed by atoms with Crippen LogP contribution in [0.3, 0.4) is 0 Å². The van der Waals surface area contributed by atoms with E-state index >= 15 is 0 Å². The SMILES string of the molecule is Clc1ccccc1-c1nc(-c2ccccn2)no1. The van der Waals surface area contributed by atoms with Gasteiger partial charge in [0.05, 0.1) is 10.6 Å². The molecule has 3 rings (SSSR count). The normalized spacial score (nSPS) is 10.5. The second-order valence-corrected chi connectivity index (χ2v) is 4.03. The number of halogens is 1. The molecule has 1 aromatic carbocycles. The maximum absolute atomic E-state index is 6.07. The zero-order valence-electron chi connectivity index (χ0n) is 9.25. The minimum Gasteiger partial charge on any atom is -0.334 e. The highest BCUT2D eigenvalue weighted by Gasteiger charge is 2.13. The summed E-state index contributed by atoms with van der Waals surface area (Å²) in [4.78, 5) is 8.45. The molecular formula is C13H8ClN3O. The minimum absolute atomic E-state index is 0.390. The summed E-state index contributed by atoms with van der Waals surface area (Å²) in [5, 5.41) is 4.47. The van der Waals surface area contributed by atoms with Gasteiger partial charge in [0, 0.05) is 6.20 Å². The van der Waals surface area contributed by atoms with Crippen molar-refractivity contribution in [3.8, 4) is 23.0 Å². The van der Waals surface area contributed by atoms with Crippen molar-refractivity contribution in [3.63, 3.8) is 0 Å².